The zero-order valence-electron chi connectivity index (χ0n) is 12.7. The van der Waals surface area contributed by atoms with E-state index >= 15 is 0 Å². The first-order valence-corrected chi connectivity index (χ1v) is 7.14. The number of hydrogen-bond donors (Lipinski definition) is 2. The highest BCUT2D eigenvalue weighted by molar-refractivity contribution is 5.83. The van der Waals surface area contributed by atoms with Crippen LogP contribution < -0.4 is 14.9 Å². The van der Waals surface area contributed by atoms with E-state index in [1.165, 1.54) is 12.3 Å². The Hall–Kier alpha value is -3.02. The molecule has 0 aliphatic rings. The Kier molecular flexibility index (Phi) is 5.99. The van der Waals surface area contributed by atoms with Crippen molar-refractivity contribution in [3.05, 3.63) is 54.1 Å². The van der Waals surface area contributed by atoms with Gasteiger partial charge >= 0.3 is 0 Å². The van der Waals surface area contributed by atoms with Crippen LogP contribution >= 0.6 is 0 Å². The van der Waals surface area contributed by atoms with Gasteiger partial charge in [0.15, 0.2) is 6.61 Å². The molecule has 0 heterocycles. The third-order valence-electron chi connectivity index (χ3n) is 2.78. The van der Waals surface area contributed by atoms with E-state index < -0.39 is 0 Å². The second-order valence-corrected chi connectivity index (χ2v) is 4.58. The van der Waals surface area contributed by atoms with Crippen molar-refractivity contribution in [3.63, 3.8) is 0 Å². The Morgan fingerprint density at radius 1 is 1.17 bits per heavy atom. The van der Waals surface area contributed by atoms with Crippen molar-refractivity contribution in [2.24, 2.45) is 5.10 Å². The number of phenolic OH excluding ortho intramolecular Hbond substituents is 1. The van der Waals surface area contributed by atoms with E-state index in [0.29, 0.717) is 17.9 Å². The first-order chi connectivity index (χ1) is 11.2. The highest BCUT2D eigenvalue weighted by atomic mass is 16.5. The van der Waals surface area contributed by atoms with Crippen LogP contribution in [-0.2, 0) is 4.79 Å². The molecule has 0 saturated heterocycles. The van der Waals surface area contributed by atoms with Crippen molar-refractivity contribution in [3.8, 4) is 17.2 Å². The van der Waals surface area contributed by atoms with Gasteiger partial charge in [-0.25, -0.2) is 5.43 Å². The molecule has 0 atom stereocenters. The third-order valence-corrected chi connectivity index (χ3v) is 2.78. The summed E-state index contributed by atoms with van der Waals surface area (Å²) >= 11 is 0. The van der Waals surface area contributed by atoms with Crippen LogP contribution in [0, 0.1) is 0 Å². The SMILES string of the molecule is CCOc1ccc(OCC(=O)N/N=C/c2cccc(O)c2)cc1. The number of rotatable bonds is 7. The first-order valence-electron chi connectivity index (χ1n) is 7.14. The van der Waals surface area contributed by atoms with E-state index in [9.17, 15) is 9.90 Å². The lowest BCUT2D eigenvalue weighted by molar-refractivity contribution is -0.123. The van der Waals surface area contributed by atoms with Crippen LogP contribution in [-0.4, -0.2) is 30.4 Å². The molecular weight excluding hydrogens is 296 g/mol. The Balaban J connectivity index is 1.76. The number of benzene rings is 2. The van der Waals surface area contributed by atoms with Gasteiger partial charge in [-0.15, -0.1) is 0 Å². The number of ether oxygens (including phenoxy) is 2. The second kappa shape index (κ2) is 8.43. The molecule has 0 unspecified atom stereocenters. The average Bonchev–Trinajstić information content (AvgIpc) is 2.55. The summed E-state index contributed by atoms with van der Waals surface area (Å²) in [4.78, 5) is 11.6. The number of amides is 1. The summed E-state index contributed by atoms with van der Waals surface area (Å²) in [5, 5.41) is 13.1. The zero-order valence-corrected chi connectivity index (χ0v) is 12.7. The largest absolute Gasteiger partial charge is 0.508 e. The molecule has 2 aromatic carbocycles. The van der Waals surface area contributed by atoms with Crippen LogP contribution in [0.5, 0.6) is 17.2 Å². The number of hydrogen-bond acceptors (Lipinski definition) is 5. The Morgan fingerprint density at radius 3 is 2.52 bits per heavy atom. The van der Waals surface area contributed by atoms with Crippen LogP contribution in [0.1, 0.15) is 12.5 Å². The lowest BCUT2D eigenvalue weighted by Gasteiger charge is -2.06. The van der Waals surface area contributed by atoms with Crippen molar-refractivity contribution < 1.29 is 19.4 Å². The maximum atomic E-state index is 11.6. The molecule has 0 aliphatic carbocycles. The van der Waals surface area contributed by atoms with Gasteiger partial charge in [-0.3, -0.25) is 4.79 Å². The van der Waals surface area contributed by atoms with Crippen LogP contribution in [0.15, 0.2) is 53.6 Å². The monoisotopic (exact) mass is 314 g/mol. The van der Waals surface area contributed by atoms with E-state index in [-0.39, 0.29) is 18.3 Å². The van der Waals surface area contributed by atoms with Gasteiger partial charge in [-0.1, -0.05) is 12.1 Å². The molecule has 0 aromatic heterocycles. The summed E-state index contributed by atoms with van der Waals surface area (Å²) in [6.07, 6.45) is 1.44. The van der Waals surface area contributed by atoms with Crippen LogP contribution in [0.4, 0.5) is 0 Å². The molecule has 2 rings (SSSR count). The minimum Gasteiger partial charge on any atom is -0.508 e. The molecule has 2 N–H and O–H groups in total. The molecule has 1 amide bonds. The standard InChI is InChI=1S/C17H18N2O4/c1-2-22-15-6-8-16(9-7-15)23-12-17(21)19-18-11-13-4-3-5-14(20)10-13/h3-11,20H,2,12H2,1H3,(H,19,21)/b18-11+. The van der Waals surface area contributed by atoms with Gasteiger partial charge < -0.3 is 14.6 Å². The molecule has 0 radical (unpaired) electrons. The minimum absolute atomic E-state index is 0.138. The van der Waals surface area contributed by atoms with Gasteiger partial charge in [-0.05, 0) is 48.9 Å². The topological polar surface area (TPSA) is 80.2 Å². The number of carbonyl (C=O) groups is 1. The van der Waals surface area contributed by atoms with Crippen molar-refractivity contribution in [2.75, 3.05) is 13.2 Å². The summed E-state index contributed by atoms with van der Waals surface area (Å²) < 4.78 is 10.7. The molecule has 6 nitrogen and oxygen atoms in total. The number of nitrogens with zero attached hydrogens (tertiary/aromatic N) is 1. The second-order valence-electron chi connectivity index (χ2n) is 4.58. The number of aromatic hydroxyl groups is 1. The highest BCUT2D eigenvalue weighted by Gasteiger charge is 2.02. The van der Waals surface area contributed by atoms with Gasteiger partial charge in [0.25, 0.3) is 5.91 Å². The number of nitrogens with one attached hydrogen (secondary N) is 1. The lowest BCUT2D eigenvalue weighted by atomic mass is 10.2. The van der Waals surface area contributed by atoms with Crippen molar-refractivity contribution >= 4 is 12.1 Å². The van der Waals surface area contributed by atoms with Gasteiger partial charge in [0.05, 0.1) is 12.8 Å². The minimum atomic E-state index is -0.379. The normalized spacial score (nSPS) is 10.5. The first kappa shape index (κ1) is 16.4. The van der Waals surface area contributed by atoms with E-state index in [4.69, 9.17) is 9.47 Å². The van der Waals surface area contributed by atoms with E-state index in [1.54, 1.807) is 42.5 Å². The van der Waals surface area contributed by atoms with Gasteiger partial charge in [0.2, 0.25) is 0 Å². The van der Waals surface area contributed by atoms with Gasteiger partial charge in [-0.2, -0.15) is 5.10 Å². The predicted octanol–water partition coefficient (Wildman–Crippen LogP) is 2.32. The van der Waals surface area contributed by atoms with Crippen LogP contribution in [0.25, 0.3) is 0 Å². The number of phenols is 1. The van der Waals surface area contributed by atoms with Crippen molar-refractivity contribution in [1.29, 1.82) is 0 Å². The van der Waals surface area contributed by atoms with Crippen LogP contribution in [0.3, 0.4) is 0 Å². The maximum absolute atomic E-state index is 11.6. The molecule has 0 aliphatic heterocycles. The van der Waals surface area contributed by atoms with Crippen molar-refractivity contribution in [1.82, 2.24) is 5.43 Å². The Bertz CT molecular complexity index is 669. The Labute approximate surface area is 134 Å². The fourth-order valence-corrected chi connectivity index (χ4v) is 1.76. The van der Waals surface area contributed by atoms with Gasteiger partial charge in [0.1, 0.15) is 17.2 Å². The zero-order chi connectivity index (χ0) is 16.5. The molecule has 2 aromatic rings. The van der Waals surface area contributed by atoms with E-state index in [1.807, 2.05) is 6.92 Å². The number of hydrazone groups is 1. The van der Waals surface area contributed by atoms with Crippen molar-refractivity contribution in [2.45, 2.75) is 6.92 Å². The molecule has 120 valence electrons. The molecule has 0 fully saturated rings. The molecule has 0 saturated carbocycles. The fraction of sp³-hybridized carbons (Fsp3) is 0.176. The van der Waals surface area contributed by atoms with Gasteiger partial charge in [0, 0.05) is 0 Å². The molecular formula is C17H18N2O4. The predicted molar refractivity (Wildman–Crippen MR) is 86.9 cm³/mol. The summed E-state index contributed by atoms with van der Waals surface area (Å²) in [7, 11) is 0. The smallest absolute Gasteiger partial charge is 0.277 e. The quantitative estimate of drug-likeness (QED) is 0.607. The Morgan fingerprint density at radius 2 is 1.87 bits per heavy atom. The molecule has 6 heteroatoms. The summed E-state index contributed by atoms with van der Waals surface area (Å²) in [6.45, 7) is 2.36. The summed E-state index contributed by atoms with van der Waals surface area (Å²) in [6, 6.07) is 13.5. The molecule has 0 spiro atoms. The summed E-state index contributed by atoms with van der Waals surface area (Å²) in [5.74, 6) is 1.08. The van der Waals surface area contributed by atoms with E-state index in [2.05, 4.69) is 10.5 Å². The van der Waals surface area contributed by atoms with Crippen LogP contribution in [0.2, 0.25) is 0 Å². The summed E-state index contributed by atoms with van der Waals surface area (Å²) in [5.41, 5.74) is 3.03. The molecule has 0 bridgehead atoms. The average molecular weight is 314 g/mol. The maximum Gasteiger partial charge on any atom is 0.277 e. The molecule has 23 heavy (non-hydrogen) atoms. The highest BCUT2D eigenvalue weighted by Crippen LogP contribution is 2.17. The fourth-order valence-electron chi connectivity index (χ4n) is 1.76. The third kappa shape index (κ3) is 5.70. The lowest BCUT2D eigenvalue weighted by Crippen LogP contribution is -2.24. The van der Waals surface area contributed by atoms with E-state index in [0.717, 1.165) is 5.75 Å². The number of carbonyl (C=O) groups excluding carboxylic acids is 1.